The zero-order chi connectivity index (χ0) is 10.0. The van der Waals surface area contributed by atoms with E-state index < -0.39 is 6.43 Å². The van der Waals surface area contributed by atoms with Crippen molar-refractivity contribution in [2.45, 2.75) is 18.7 Å². The molecule has 5 heteroatoms. The molecule has 1 aromatic heterocycles. The van der Waals surface area contributed by atoms with E-state index in [2.05, 4.69) is 36.8 Å². The zero-order valence-corrected chi connectivity index (χ0v) is 9.99. The summed E-state index contributed by atoms with van der Waals surface area (Å²) in [6, 6.07) is 1.46. The third-order valence-corrected chi connectivity index (χ3v) is 2.95. The molecule has 1 nitrogen and oxygen atoms in total. The number of aryl methyl sites for hydroxylation is 1. The van der Waals surface area contributed by atoms with Crippen LogP contribution in [0.4, 0.5) is 8.78 Å². The number of aromatic nitrogens is 1. The van der Waals surface area contributed by atoms with Gasteiger partial charge in [-0.3, -0.25) is 0 Å². The van der Waals surface area contributed by atoms with Crippen LogP contribution in [0.25, 0.3) is 0 Å². The molecule has 1 heterocycles. The standard InChI is InChI=1S/C8H7Br2F2N/c1-4-6(8(11)12)2-5(3-9)7(10)13-4/h2,8H,3H2,1H3. The van der Waals surface area contributed by atoms with Gasteiger partial charge >= 0.3 is 0 Å². The molecule has 0 bridgehead atoms. The molecule has 0 saturated carbocycles. The summed E-state index contributed by atoms with van der Waals surface area (Å²) in [6.07, 6.45) is -2.46. The van der Waals surface area contributed by atoms with Gasteiger partial charge < -0.3 is 0 Å². The van der Waals surface area contributed by atoms with Crippen molar-refractivity contribution < 1.29 is 8.78 Å². The molecule has 0 spiro atoms. The summed E-state index contributed by atoms with van der Waals surface area (Å²) in [7, 11) is 0. The van der Waals surface area contributed by atoms with Crippen LogP contribution in [0.3, 0.4) is 0 Å². The maximum absolute atomic E-state index is 12.4. The van der Waals surface area contributed by atoms with E-state index in [9.17, 15) is 8.78 Å². The lowest BCUT2D eigenvalue weighted by atomic mass is 10.1. The van der Waals surface area contributed by atoms with Crippen LogP contribution >= 0.6 is 31.9 Å². The normalized spacial score (nSPS) is 10.9. The third-order valence-electron chi connectivity index (χ3n) is 1.66. The molecule has 0 fully saturated rings. The maximum atomic E-state index is 12.4. The molecule has 13 heavy (non-hydrogen) atoms. The number of nitrogens with zero attached hydrogens (tertiary/aromatic N) is 1. The van der Waals surface area contributed by atoms with Gasteiger partial charge in [-0.15, -0.1) is 0 Å². The first kappa shape index (κ1) is 11.0. The van der Waals surface area contributed by atoms with Crippen molar-refractivity contribution in [2.75, 3.05) is 0 Å². The Hall–Kier alpha value is -0.0300. The Kier molecular flexibility index (Phi) is 3.79. The molecule has 0 aliphatic heterocycles. The van der Waals surface area contributed by atoms with E-state index in [1.165, 1.54) is 6.07 Å². The number of rotatable bonds is 2. The van der Waals surface area contributed by atoms with Crippen LogP contribution in [0.5, 0.6) is 0 Å². The number of hydrogen-bond donors (Lipinski definition) is 0. The molecule has 1 rings (SSSR count). The van der Waals surface area contributed by atoms with Crippen molar-refractivity contribution in [3.63, 3.8) is 0 Å². The minimum Gasteiger partial charge on any atom is -0.245 e. The van der Waals surface area contributed by atoms with Crippen molar-refractivity contribution in [1.82, 2.24) is 4.98 Å². The lowest BCUT2D eigenvalue weighted by Crippen LogP contribution is -1.97. The zero-order valence-electron chi connectivity index (χ0n) is 6.82. The first-order valence-corrected chi connectivity index (χ1v) is 5.47. The lowest BCUT2D eigenvalue weighted by Gasteiger charge is -2.07. The van der Waals surface area contributed by atoms with Gasteiger partial charge in [0.15, 0.2) is 0 Å². The second kappa shape index (κ2) is 4.46. The summed E-state index contributed by atoms with van der Waals surface area (Å²) < 4.78 is 25.4. The highest BCUT2D eigenvalue weighted by Crippen LogP contribution is 2.27. The van der Waals surface area contributed by atoms with Crippen LogP contribution in [-0.2, 0) is 5.33 Å². The summed E-state index contributed by atoms with van der Waals surface area (Å²) in [5.41, 5.74) is 1.10. The third kappa shape index (κ3) is 2.47. The quantitative estimate of drug-likeness (QED) is 0.594. The second-order valence-electron chi connectivity index (χ2n) is 2.55. The molecule has 1 aromatic rings. The van der Waals surface area contributed by atoms with Crippen LogP contribution in [0.2, 0.25) is 0 Å². The van der Waals surface area contributed by atoms with Gasteiger partial charge in [-0.05, 0) is 34.5 Å². The Morgan fingerprint density at radius 3 is 2.62 bits per heavy atom. The highest BCUT2D eigenvalue weighted by Gasteiger charge is 2.14. The van der Waals surface area contributed by atoms with Crippen molar-refractivity contribution in [2.24, 2.45) is 0 Å². The summed E-state index contributed by atoms with van der Waals surface area (Å²) in [5, 5.41) is 0.514. The molecule has 0 radical (unpaired) electrons. The van der Waals surface area contributed by atoms with E-state index in [-0.39, 0.29) is 5.56 Å². The molecule has 0 N–H and O–H groups in total. The van der Waals surface area contributed by atoms with Gasteiger partial charge in [-0.1, -0.05) is 15.9 Å². The molecule has 0 aliphatic carbocycles. The summed E-state index contributed by atoms with van der Waals surface area (Å²) >= 11 is 6.41. The van der Waals surface area contributed by atoms with E-state index in [0.717, 1.165) is 5.56 Å². The predicted octanol–water partition coefficient (Wildman–Crippen LogP) is 3.99. The highest BCUT2D eigenvalue weighted by molar-refractivity contribution is 9.10. The van der Waals surface area contributed by atoms with Gasteiger partial charge in [0.1, 0.15) is 4.60 Å². The Morgan fingerprint density at radius 2 is 2.15 bits per heavy atom. The number of alkyl halides is 3. The fourth-order valence-electron chi connectivity index (χ4n) is 0.950. The predicted molar refractivity (Wildman–Crippen MR) is 54.3 cm³/mol. The summed E-state index contributed by atoms with van der Waals surface area (Å²) in [6.45, 7) is 1.57. The molecule has 0 unspecified atom stereocenters. The average molecular weight is 315 g/mol. The molecular weight excluding hydrogens is 308 g/mol. The van der Waals surface area contributed by atoms with E-state index in [0.29, 0.717) is 15.6 Å². The molecule has 0 aliphatic rings. The minimum atomic E-state index is -2.46. The minimum absolute atomic E-state index is 0.00218. The van der Waals surface area contributed by atoms with E-state index in [1.807, 2.05) is 0 Å². The first-order chi connectivity index (χ1) is 6.06. The molecule has 0 aromatic carbocycles. The van der Waals surface area contributed by atoms with Gasteiger partial charge in [0.2, 0.25) is 0 Å². The largest absolute Gasteiger partial charge is 0.265 e. The van der Waals surface area contributed by atoms with E-state index >= 15 is 0 Å². The van der Waals surface area contributed by atoms with Crippen molar-refractivity contribution >= 4 is 31.9 Å². The average Bonchev–Trinajstić information content (AvgIpc) is 2.03. The van der Waals surface area contributed by atoms with Gasteiger partial charge in [-0.2, -0.15) is 0 Å². The molecule has 72 valence electrons. The van der Waals surface area contributed by atoms with Crippen molar-refractivity contribution in [3.05, 3.63) is 27.5 Å². The fourth-order valence-corrected chi connectivity index (χ4v) is 2.27. The van der Waals surface area contributed by atoms with E-state index in [1.54, 1.807) is 6.92 Å². The van der Waals surface area contributed by atoms with Crippen molar-refractivity contribution in [1.29, 1.82) is 0 Å². The smallest absolute Gasteiger partial charge is 0.245 e. The SMILES string of the molecule is Cc1nc(Br)c(CBr)cc1C(F)F. The Labute approximate surface area is 91.8 Å². The van der Waals surface area contributed by atoms with Crippen LogP contribution in [0, 0.1) is 6.92 Å². The lowest BCUT2D eigenvalue weighted by molar-refractivity contribution is 0.150. The molecular formula is C8H7Br2F2N. The Morgan fingerprint density at radius 1 is 1.54 bits per heavy atom. The van der Waals surface area contributed by atoms with Gasteiger partial charge in [-0.25, -0.2) is 13.8 Å². The van der Waals surface area contributed by atoms with Gasteiger partial charge in [0.25, 0.3) is 6.43 Å². The topological polar surface area (TPSA) is 12.9 Å². The van der Waals surface area contributed by atoms with Crippen LogP contribution in [0.1, 0.15) is 23.2 Å². The van der Waals surface area contributed by atoms with Crippen molar-refractivity contribution in [3.8, 4) is 0 Å². The van der Waals surface area contributed by atoms with Crippen LogP contribution in [-0.4, -0.2) is 4.98 Å². The second-order valence-corrected chi connectivity index (χ2v) is 3.86. The van der Waals surface area contributed by atoms with Crippen LogP contribution in [0.15, 0.2) is 10.7 Å². The van der Waals surface area contributed by atoms with E-state index in [4.69, 9.17) is 0 Å². The molecule has 0 atom stereocenters. The number of halogens is 4. The van der Waals surface area contributed by atoms with Crippen LogP contribution < -0.4 is 0 Å². The number of hydrogen-bond acceptors (Lipinski definition) is 1. The Balaban J connectivity index is 3.22. The van der Waals surface area contributed by atoms with Gasteiger partial charge in [0.05, 0.1) is 0 Å². The maximum Gasteiger partial charge on any atom is 0.265 e. The highest BCUT2D eigenvalue weighted by atomic mass is 79.9. The Bertz CT molecular complexity index is 315. The fraction of sp³-hybridized carbons (Fsp3) is 0.375. The molecule has 0 amide bonds. The summed E-state index contributed by atoms with van der Waals surface area (Å²) in [4.78, 5) is 3.97. The first-order valence-electron chi connectivity index (χ1n) is 3.56. The summed E-state index contributed by atoms with van der Waals surface area (Å²) in [5.74, 6) is 0. The van der Waals surface area contributed by atoms with Gasteiger partial charge in [0, 0.05) is 16.6 Å². The number of pyridine rings is 1. The monoisotopic (exact) mass is 313 g/mol. The molecule has 0 saturated heterocycles.